The number of carbonyl (C=O) groups excluding carboxylic acids is 1. The number of nitrogens with zero attached hydrogens (tertiary/aromatic N) is 2. The topological polar surface area (TPSA) is 46.9 Å². The SMILES string of the molecule is C/C=C/C=C/C(=O)Nc1nc2ccccc2n1CCC. The van der Waals surface area contributed by atoms with Crippen molar-refractivity contribution in [2.45, 2.75) is 26.8 Å². The van der Waals surface area contributed by atoms with Gasteiger partial charge in [0, 0.05) is 12.6 Å². The zero-order valence-electron chi connectivity index (χ0n) is 11.8. The normalized spacial score (nSPS) is 11.7. The molecule has 20 heavy (non-hydrogen) atoms. The first-order valence-electron chi connectivity index (χ1n) is 6.82. The molecule has 0 fully saturated rings. The zero-order chi connectivity index (χ0) is 14.4. The number of carbonyl (C=O) groups is 1. The molecule has 0 aliphatic rings. The van der Waals surface area contributed by atoms with Gasteiger partial charge in [-0.25, -0.2) is 4.98 Å². The number of rotatable bonds is 5. The number of para-hydroxylation sites is 2. The average molecular weight is 269 g/mol. The highest BCUT2D eigenvalue weighted by Gasteiger charge is 2.10. The summed E-state index contributed by atoms with van der Waals surface area (Å²) in [6.45, 7) is 4.84. The summed E-state index contributed by atoms with van der Waals surface area (Å²) in [5.41, 5.74) is 1.94. The van der Waals surface area contributed by atoms with Crippen molar-refractivity contribution in [3.8, 4) is 0 Å². The Labute approximate surface area is 118 Å². The van der Waals surface area contributed by atoms with Crippen LogP contribution >= 0.6 is 0 Å². The number of hydrogen-bond donors (Lipinski definition) is 1. The van der Waals surface area contributed by atoms with Gasteiger partial charge in [0.2, 0.25) is 5.95 Å². The molecule has 104 valence electrons. The minimum atomic E-state index is -0.171. The standard InChI is InChI=1S/C16H19N3O/c1-3-5-6-11-15(20)18-16-17-13-9-7-8-10-14(13)19(16)12-4-2/h3,5-11H,4,12H2,1-2H3,(H,17,18,20)/b5-3+,11-6+. The van der Waals surface area contributed by atoms with E-state index in [0.717, 1.165) is 24.0 Å². The molecule has 4 heteroatoms. The third-order valence-electron chi connectivity index (χ3n) is 2.89. The molecule has 0 aliphatic heterocycles. The molecule has 1 N–H and O–H groups in total. The van der Waals surface area contributed by atoms with Crippen LogP contribution in [-0.4, -0.2) is 15.5 Å². The van der Waals surface area contributed by atoms with Crippen molar-refractivity contribution in [2.75, 3.05) is 5.32 Å². The third kappa shape index (κ3) is 3.15. The molecule has 4 nitrogen and oxygen atoms in total. The van der Waals surface area contributed by atoms with Crippen molar-refractivity contribution >= 4 is 22.9 Å². The smallest absolute Gasteiger partial charge is 0.250 e. The number of fused-ring (bicyclic) bond motifs is 1. The van der Waals surface area contributed by atoms with Gasteiger partial charge in [-0.05, 0) is 25.5 Å². The second-order valence-corrected chi connectivity index (χ2v) is 4.45. The lowest BCUT2D eigenvalue weighted by atomic mass is 10.3. The van der Waals surface area contributed by atoms with Crippen molar-refractivity contribution in [1.29, 1.82) is 0 Å². The molecule has 0 radical (unpaired) electrons. The molecule has 0 bridgehead atoms. The summed E-state index contributed by atoms with van der Waals surface area (Å²) in [7, 11) is 0. The molecule has 2 aromatic rings. The number of aryl methyl sites for hydroxylation is 1. The quantitative estimate of drug-likeness (QED) is 0.667. The minimum Gasteiger partial charge on any atom is -0.310 e. The van der Waals surface area contributed by atoms with E-state index in [9.17, 15) is 4.79 Å². The van der Waals surface area contributed by atoms with E-state index in [0.29, 0.717) is 5.95 Å². The van der Waals surface area contributed by atoms with Crippen LogP contribution in [0, 0.1) is 0 Å². The van der Waals surface area contributed by atoms with Crippen molar-refractivity contribution < 1.29 is 4.79 Å². The minimum absolute atomic E-state index is 0.171. The number of allylic oxidation sites excluding steroid dienone is 3. The molecular weight excluding hydrogens is 250 g/mol. The maximum Gasteiger partial charge on any atom is 0.250 e. The van der Waals surface area contributed by atoms with Crippen LogP contribution in [0.5, 0.6) is 0 Å². The Kier molecular flexibility index (Phi) is 4.71. The van der Waals surface area contributed by atoms with Gasteiger partial charge in [0.25, 0.3) is 5.91 Å². The molecule has 0 spiro atoms. The third-order valence-corrected chi connectivity index (χ3v) is 2.89. The first-order valence-corrected chi connectivity index (χ1v) is 6.82. The number of imidazole rings is 1. The second kappa shape index (κ2) is 6.70. The van der Waals surface area contributed by atoms with Crippen molar-refractivity contribution in [2.24, 2.45) is 0 Å². The summed E-state index contributed by atoms with van der Waals surface area (Å²) >= 11 is 0. The lowest BCUT2D eigenvalue weighted by molar-refractivity contribution is -0.112. The van der Waals surface area contributed by atoms with E-state index < -0.39 is 0 Å². The molecule has 1 aromatic carbocycles. The number of amides is 1. The maximum absolute atomic E-state index is 11.8. The number of anilines is 1. The molecule has 1 heterocycles. The highest BCUT2D eigenvalue weighted by molar-refractivity contribution is 5.99. The molecule has 0 unspecified atom stereocenters. The van der Waals surface area contributed by atoms with E-state index in [4.69, 9.17) is 0 Å². The first kappa shape index (κ1) is 14.1. The summed E-state index contributed by atoms with van der Waals surface area (Å²) in [4.78, 5) is 16.3. The molecule has 1 aromatic heterocycles. The van der Waals surface area contributed by atoms with Gasteiger partial charge in [-0.2, -0.15) is 0 Å². The van der Waals surface area contributed by atoms with Gasteiger partial charge in [-0.3, -0.25) is 10.1 Å². The Hall–Kier alpha value is -2.36. The molecule has 2 rings (SSSR count). The van der Waals surface area contributed by atoms with E-state index in [-0.39, 0.29) is 5.91 Å². The lowest BCUT2D eigenvalue weighted by Gasteiger charge is -2.07. The van der Waals surface area contributed by atoms with Gasteiger partial charge in [-0.1, -0.05) is 37.3 Å². The monoisotopic (exact) mass is 269 g/mol. The fraction of sp³-hybridized carbons (Fsp3) is 0.250. The molecule has 0 atom stereocenters. The van der Waals surface area contributed by atoms with Crippen molar-refractivity contribution in [3.63, 3.8) is 0 Å². The fourth-order valence-electron chi connectivity index (χ4n) is 2.03. The summed E-state index contributed by atoms with van der Waals surface area (Å²) in [6.07, 6.45) is 7.88. The van der Waals surface area contributed by atoms with Crippen LogP contribution in [0.15, 0.2) is 48.6 Å². The summed E-state index contributed by atoms with van der Waals surface area (Å²) in [5, 5.41) is 2.84. The number of hydrogen-bond acceptors (Lipinski definition) is 2. The van der Waals surface area contributed by atoms with Gasteiger partial charge in [0.1, 0.15) is 0 Å². The summed E-state index contributed by atoms with van der Waals surface area (Å²) in [6, 6.07) is 7.90. The van der Waals surface area contributed by atoms with E-state index in [1.54, 1.807) is 6.08 Å². The van der Waals surface area contributed by atoms with Gasteiger partial charge in [0.05, 0.1) is 11.0 Å². The van der Waals surface area contributed by atoms with Crippen LogP contribution in [0.4, 0.5) is 5.95 Å². The van der Waals surface area contributed by atoms with Crippen LogP contribution in [0.2, 0.25) is 0 Å². The van der Waals surface area contributed by atoms with Gasteiger partial charge < -0.3 is 4.57 Å². The number of benzene rings is 1. The fourth-order valence-corrected chi connectivity index (χ4v) is 2.03. The van der Waals surface area contributed by atoms with E-state index in [1.165, 1.54) is 6.08 Å². The second-order valence-electron chi connectivity index (χ2n) is 4.45. The average Bonchev–Trinajstić information content (AvgIpc) is 2.78. The predicted octanol–water partition coefficient (Wildman–Crippen LogP) is 3.52. The maximum atomic E-state index is 11.8. The molecule has 0 saturated heterocycles. The zero-order valence-corrected chi connectivity index (χ0v) is 11.8. The van der Waals surface area contributed by atoms with Gasteiger partial charge >= 0.3 is 0 Å². The highest BCUT2D eigenvalue weighted by Crippen LogP contribution is 2.19. The van der Waals surface area contributed by atoms with E-state index >= 15 is 0 Å². The molecule has 0 aliphatic carbocycles. The number of aromatic nitrogens is 2. The Morgan fingerprint density at radius 2 is 2.15 bits per heavy atom. The summed E-state index contributed by atoms with van der Waals surface area (Å²) in [5.74, 6) is 0.430. The van der Waals surface area contributed by atoms with Crippen LogP contribution in [-0.2, 0) is 11.3 Å². The largest absolute Gasteiger partial charge is 0.310 e. The van der Waals surface area contributed by atoms with Gasteiger partial charge in [0.15, 0.2) is 0 Å². The van der Waals surface area contributed by atoms with Crippen molar-refractivity contribution in [3.05, 3.63) is 48.6 Å². The number of nitrogens with one attached hydrogen (secondary N) is 1. The van der Waals surface area contributed by atoms with Gasteiger partial charge in [-0.15, -0.1) is 0 Å². The predicted molar refractivity (Wildman–Crippen MR) is 82.6 cm³/mol. The lowest BCUT2D eigenvalue weighted by Crippen LogP contribution is -2.13. The molecule has 1 amide bonds. The van der Waals surface area contributed by atoms with Crippen LogP contribution in [0.3, 0.4) is 0 Å². The Morgan fingerprint density at radius 1 is 1.35 bits per heavy atom. The highest BCUT2D eigenvalue weighted by atomic mass is 16.1. The summed E-state index contributed by atoms with van der Waals surface area (Å²) < 4.78 is 2.04. The van der Waals surface area contributed by atoms with Crippen molar-refractivity contribution in [1.82, 2.24) is 9.55 Å². The van der Waals surface area contributed by atoms with E-state index in [1.807, 2.05) is 47.9 Å². The van der Waals surface area contributed by atoms with Crippen LogP contribution in [0.1, 0.15) is 20.3 Å². The molecular formula is C16H19N3O. The Morgan fingerprint density at radius 3 is 2.90 bits per heavy atom. The van der Waals surface area contributed by atoms with Crippen LogP contribution < -0.4 is 5.32 Å². The Bertz CT molecular complexity index is 653. The van der Waals surface area contributed by atoms with E-state index in [2.05, 4.69) is 17.2 Å². The first-order chi connectivity index (χ1) is 9.76. The Balaban J connectivity index is 2.28. The van der Waals surface area contributed by atoms with Crippen LogP contribution in [0.25, 0.3) is 11.0 Å². The molecule has 0 saturated carbocycles.